The van der Waals surface area contributed by atoms with E-state index in [1.54, 1.807) is 12.1 Å². The highest BCUT2D eigenvalue weighted by molar-refractivity contribution is 5.37. The fraction of sp³-hybridized carbons (Fsp3) is 0.455. The third-order valence-electron chi connectivity index (χ3n) is 4.04. The largest absolute Gasteiger partial charge is 0.457 e. The number of likely N-dealkylation sites (N-methyl/N-ethyl adjacent to an activating group) is 1. The lowest BCUT2D eigenvalue weighted by Crippen LogP contribution is -2.40. The Kier molecular flexibility index (Phi) is 7.18. The molecule has 0 amide bonds. The summed E-state index contributed by atoms with van der Waals surface area (Å²) in [6.45, 7) is 8.51. The van der Waals surface area contributed by atoms with Gasteiger partial charge in [0.2, 0.25) is 0 Å². The molecule has 0 heterocycles. The van der Waals surface area contributed by atoms with Gasteiger partial charge in [0.15, 0.2) is 0 Å². The molecule has 0 saturated carbocycles. The average Bonchev–Trinajstić information content (AvgIpc) is 2.54. The molecule has 0 unspecified atom stereocenters. The molecule has 0 bridgehead atoms. The van der Waals surface area contributed by atoms with E-state index in [1.807, 2.05) is 18.2 Å². The Bertz CT molecular complexity index is 677. The van der Waals surface area contributed by atoms with Crippen LogP contribution in [0.4, 0.5) is 4.39 Å². The van der Waals surface area contributed by atoms with Gasteiger partial charge >= 0.3 is 0 Å². The van der Waals surface area contributed by atoms with Crippen molar-refractivity contribution in [2.24, 2.45) is 5.41 Å². The van der Waals surface area contributed by atoms with Crippen molar-refractivity contribution in [2.75, 3.05) is 20.6 Å². The van der Waals surface area contributed by atoms with Crippen molar-refractivity contribution >= 4 is 0 Å². The number of nitrogens with zero attached hydrogens (tertiary/aromatic N) is 1. The molecule has 0 radical (unpaired) electrons. The molecule has 0 fully saturated rings. The number of para-hydroxylation sites is 1. The third-order valence-corrected chi connectivity index (χ3v) is 4.04. The monoisotopic (exact) mass is 358 g/mol. The van der Waals surface area contributed by atoms with Crippen LogP contribution >= 0.6 is 0 Å². The lowest BCUT2D eigenvalue weighted by atomic mass is 9.88. The molecule has 2 aromatic carbocycles. The Hall–Kier alpha value is -1.91. The molecule has 4 heteroatoms. The van der Waals surface area contributed by atoms with Crippen LogP contribution in [-0.2, 0) is 6.54 Å². The number of rotatable bonds is 8. The summed E-state index contributed by atoms with van der Waals surface area (Å²) in [7, 11) is 4.20. The molecular formula is C22H31FN2O. The van der Waals surface area contributed by atoms with Crippen LogP contribution in [0.25, 0.3) is 0 Å². The molecule has 0 spiro atoms. The highest BCUT2D eigenvalue weighted by atomic mass is 19.1. The highest BCUT2D eigenvalue weighted by Crippen LogP contribution is 2.26. The van der Waals surface area contributed by atoms with Crippen LogP contribution in [-0.4, -0.2) is 31.6 Å². The van der Waals surface area contributed by atoms with Gasteiger partial charge in [0.05, 0.1) is 0 Å². The molecule has 2 rings (SSSR count). The number of halogens is 1. The zero-order valence-electron chi connectivity index (χ0n) is 16.6. The first-order valence-corrected chi connectivity index (χ1v) is 9.12. The van der Waals surface area contributed by atoms with Crippen molar-refractivity contribution in [2.45, 2.75) is 39.8 Å². The minimum absolute atomic E-state index is 0.262. The number of hydrogen-bond donors (Lipinski definition) is 1. The molecule has 1 N–H and O–H groups in total. The van der Waals surface area contributed by atoms with E-state index in [-0.39, 0.29) is 11.2 Å². The van der Waals surface area contributed by atoms with Gasteiger partial charge in [0.1, 0.15) is 17.3 Å². The van der Waals surface area contributed by atoms with Crippen LogP contribution in [0.2, 0.25) is 0 Å². The Morgan fingerprint density at radius 2 is 1.69 bits per heavy atom. The summed E-state index contributed by atoms with van der Waals surface area (Å²) < 4.78 is 19.0. The van der Waals surface area contributed by atoms with E-state index in [1.165, 1.54) is 12.1 Å². The van der Waals surface area contributed by atoms with Gasteiger partial charge in [-0.25, -0.2) is 4.39 Å². The van der Waals surface area contributed by atoms with Crippen molar-refractivity contribution in [3.63, 3.8) is 0 Å². The lowest BCUT2D eigenvalue weighted by molar-refractivity contribution is 0.255. The van der Waals surface area contributed by atoms with Gasteiger partial charge in [-0.3, -0.25) is 0 Å². The number of hydrogen-bond acceptors (Lipinski definition) is 3. The molecule has 2 aromatic rings. The molecule has 3 nitrogen and oxygen atoms in total. The molecule has 0 aromatic heterocycles. The molecule has 1 atom stereocenters. The quantitative estimate of drug-likeness (QED) is 0.713. The summed E-state index contributed by atoms with van der Waals surface area (Å²) in [5.74, 6) is 1.17. The molecule has 0 saturated heterocycles. The maximum atomic E-state index is 13.1. The number of ether oxygens (including phenoxy) is 1. The topological polar surface area (TPSA) is 24.5 Å². The summed E-state index contributed by atoms with van der Waals surface area (Å²) in [5, 5.41) is 3.68. The molecule has 142 valence electrons. The third kappa shape index (κ3) is 7.14. The van der Waals surface area contributed by atoms with E-state index in [0.717, 1.165) is 30.8 Å². The Morgan fingerprint density at radius 1 is 1.04 bits per heavy atom. The van der Waals surface area contributed by atoms with Gasteiger partial charge in [-0.1, -0.05) is 39.0 Å². The normalized spacial score (nSPS) is 13.0. The van der Waals surface area contributed by atoms with Crippen LogP contribution in [0.1, 0.15) is 32.8 Å². The number of nitrogens with one attached hydrogen (secondary N) is 1. The fourth-order valence-corrected chi connectivity index (χ4v) is 3.01. The van der Waals surface area contributed by atoms with Gasteiger partial charge in [-0.2, -0.15) is 0 Å². The second-order valence-electron chi connectivity index (χ2n) is 8.27. The van der Waals surface area contributed by atoms with Gasteiger partial charge in [-0.05, 0) is 56.3 Å². The second kappa shape index (κ2) is 9.15. The predicted molar refractivity (Wildman–Crippen MR) is 106 cm³/mol. The minimum atomic E-state index is -0.263. The second-order valence-corrected chi connectivity index (χ2v) is 8.27. The van der Waals surface area contributed by atoms with Crippen molar-refractivity contribution < 1.29 is 9.13 Å². The lowest BCUT2D eigenvalue weighted by Gasteiger charge is -2.29. The molecule has 0 aliphatic heterocycles. The Labute approximate surface area is 157 Å². The van der Waals surface area contributed by atoms with Crippen LogP contribution in [0.15, 0.2) is 48.5 Å². The van der Waals surface area contributed by atoms with Crippen molar-refractivity contribution in [1.29, 1.82) is 0 Å². The Morgan fingerprint density at radius 3 is 2.31 bits per heavy atom. The first-order valence-electron chi connectivity index (χ1n) is 9.12. The highest BCUT2D eigenvalue weighted by Gasteiger charge is 2.19. The standard InChI is InChI=1S/C22H31FN2O/c1-22(2,3)14-19(16-25(4)5)24-15-17-8-6-7-9-21(17)26-20-12-10-18(23)11-13-20/h6-13,19,24H,14-16H2,1-5H3/t19-/m0/s1. The van der Waals surface area contributed by atoms with Crippen LogP contribution < -0.4 is 10.1 Å². The molecular weight excluding hydrogens is 327 g/mol. The van der Waals surface area contributed by atoms with Crippen LogP contribution in [0, 0.1) is 11.2 Å². The van der Waals surface area contributed by atoms with Crippen molar-refractivity contribution in [3.8, 4) is 11.5 Å². The summed E-state index contributed by atoms with van der Waals surface area (Å²) in [6, 6.07) is 14.5. The minimum Gasteiger partial charge on any atom is -0.457 e. The smallest absolute Gasteiger partial charge is 0.131 e. The zero-order chi connectivity index (χ0) is 19.2. The average molecular weight is 359 g/mol. The maximum absolute atomic E-state index is 13.1. The molecule has 0 aliphatic rings. The summed E-state index contributed by atoms with van der Waals surface area (Å²) in [4.78, 5) is 2.21. The van der Waals surface area contributed by atoms with Gasteiger partial charge in [-0.15, -0.1) is 0 Å². The van der Waals surface area contributed by atoms with Crippen LogP contribution in [0.5, 0.6) is 11.5 Å². The molecule has 0 aliphatic carbocycles. The first kappa shape index (κ1) is 20.4. The van der Waals surface area contributed by atoms with Gasteiger partial charge in [0.25, 0.3) is 0 Å². The SMILES string of the molecule is CN(C)C[C@H](CC(C)(C)C)NCc1ccccc1Oc1ccc(F)cc1. The van der Waals surface area contributed by atoms with E-state index >= 15 is 0 Å². The van der Waals surface area contributed by atoms with Crippen LogP contribution in [0.3, 0.4) is 0 Å². The van der Waals surface area contributed by atoms with Crippen molar-refractivity contribution in [3.05, 3.63) is 59.9 Å². The van der Waals surface area contributed by atoms with E-state index in [4.69, 9.17) is 4.74 Å². The van der Waals surface area contributed by atoms with Gasteiger partial charge in [0, 0.05) is 24.7 Å². The molecule has 26 heavy (non-hydrogen) atoms. The van der Waals surface area contributed by atoms with E-state index in [2.05, 4.69) is 51.1 Å². The van der Waals surface area contributed by atoms with E-state index in [9.17, 15) is 4.39 Å². The summed E-state index contributed by atoms with van der Waals surface area (Å²) in [5.41, 5.74) is 1.35. The maximum Gasteiger partial charge on any atom is 0.131 e. The van der Waals surface area contributed by atoms with Crippen molar-refractivity contribution in [1.82, 2.24) is 10.2 Å². The van der Waals surface area contributed by atoms with E-state index in [0.29, 0.717) is 11.8 Å². The fourth-order valence-electron chi connectivity index (χ4n) is 3.01. The first-order chi connectivity index (χ1) is 12.2. The van der Waals surface area contributed by atoms with Gasteiger partial charge < -0.3 is 15.0 Å². The van der Waals surface area contributed by atoms with E-state index < -0.39 is 0 Å². The zero-order valence-corrected chi connectivity index (χ0v) is 16.6. The Balaban J connectivity index is 2.06. The summed E-state index contributed by atoms with van der Waals surface area (Å²) >= 11 is 0. The number of benzene rings is 2. The summed E-state index contributed by atoms with van der Waals surface area (Å²) in [6.07, 6.45) is 1.09. The predicted octanol–water partition coefficient (Wildman–Crippen LogP) is 5.07.